The van der Waals surface area contributed by atoms with Gasteiger partial charge in [0.1, 0.15) is 0 Å². The summed E-state index contributed by atoms with van der Waals surface area (Å²) in [5.41, 5.74) is 2.12. The van der Waals surface area contributed by atoms with Gasteiger partial charge in [-0.25, -0.2) is 13.6 Å². The molecule has 1 atom stereocenters. The van der Waals surface area contributed by atoms with Gasteiger partial charge >= 0.3 is 0 Å². The number of benzene rings is 1. The molecular weight excluding hydrogens is 226 g/mol. The van der Waals surface area contributed by atoms with Crippen LogP contribution in [0.5, 0.6) is 0 Å². The van der Waals surface area contributed by atoms with E-state index in [1.165, 1.54) is 0 Å². The molecule has 88 valence electrons. The lowest BCUT2D eigenvalue weighted by molar-refractivity contribution is 0.0640. The first kappa shape index (κ1) is 11.6. The Labute approximate surface area is 95.5 Å². The standard InChI is InChI=1S/C11H15NO3S/c1-2-15-11-6-3-8-7-9(16(12,13)14)4-5-10(8)11/h4-5,7,11H,2-3,6H2,1H3,(H2,12,13,14). The number of rotatable bonds is 3. The Bertz CT molecular complexity index is 496. The van der Waals surface area contributed by atoms with Crippen molar-refractivity contribution in [1.82, 2.24) is 0 Å². The maximum absolute atomic E-state index is 11.2. The first-order valence-corrected chi connectivity index (χ1v) is 6.84. The van der Waals surface area contributed by atoms with Crippen LogP contribution in [0.25, 0.3) is 0 Å². The highest BCUT2D eigenvalue weighted by molar-refractivity contribution is 7.89. The lowest BCUT2D eigenvalue weighted by atomic mass is 10.1. The predicted octanol–water partition coefficient (Wildman–Crippen LogP) is 1.36. The van der Waals surface area contributed by atoms with Crippen molar-refractivity contribution in [3.8, 4) is 0 Å². The summed E-state index contributed by atoms with van der Waals surface area (Å²) >= 11 is 0. The zero-order chi connectivity index (χ0) is 11.8. The number of fused-ring (bicyclic) bond motifs is 1. The number of hydrogen-bond donors (Lipinski definition) is 1. The van der Waals surface area contributed by atoms with Crippen LogP contribution in [0.1, 0.15) is 30.6 Å². The molecule has 2 rings (SSSR count). The summed E-state index contributed by atoms with van der Waals surface area (Å²) in [6, 6.07) is 5.01. The average Bonchev–Trinajstić information content (AvgIpc) is 2.60. The van der Waals surface area contributed by atoms with E-state index in [1.807, 2.05) is 13.0 Å². The third-order valence-electron chi connectivity index (χ3n) is 2.83. The van der Waals surface area contributed by atoms with E-state index in [0.717, 1.165) is 24.0 Å². The van der Waals surface area contributed by atoms with Crippen LogP contribution >= 0.6 is 0 Å². The molecule has 0 heterocycles. The topological polar surface area (TPSA) is 69.4 Å². The third kappa shape index (κ3) is 2.11. The van der Waals surface area contributed by atoms with E-state index in [0.29, 0.717) is 6.61 Å². The molecule has 1 aliphatic carbocycles. The van der Waals surface area contributed by atoms with E-state index in [2.05, 4.69) is 0 Å². The van der Waals surface area contributed by atoms with E-state index < -0.39 is 10.0 Å². The van der Waals surface area contributed by atoms with Crippen LogP contribution in [-0.2, 0) is 21.2 Å². The molecule has 16 heavy (non-hydrogen) atoms. The van der Waals surface area contributed by atoms with Gasteiger partial charge in [-0.15, -0.1) is 0 Å². The Kier molecular flexibility index (Phi) is 3.01. The molecule has 1 aromatic carbocycles. The van der Waals surface area contributed by atoms with Gasteiger partial charge in [-0.05, 0) is 43.0 Å². The van der Waals surface area contributed by atoms with Crippen LogP contribution in [0.2, 0.25) is 0 Å². The van der Waals surface area contributed by atoms with E-state index in [-0.39, 0.29) is 11.0 Å². The van der Waals surface area contributed by atoms with Crippen molar-refractivity contribution in [2.75, 3.05) is 6.61 Å². The summed E-state index contributed by atoms with van der Waals surface area (Å²) in [4.78, 5) is 0.184. The monoisotopic (exact) mass is 241 g/mol. The molecule has 0 aliphatic heterocycles. The lowest BCUT2D eigenvalue weighted by Gasteiger charge is -2.11. The van der Waals surface area contributed by atoms with Crippen LogP contribution in [0.4, 0.5) is 0 Å². The number of aryl methyl sites for hydroxylation is 1. The van der Waals surface area contributed by atoms with Gasteiger partial charge in [-0.2, -0.15) is 0 Å². The summed E-state index contributed by atoms with van der Waals surface area (Å²) < 4.78 is 27.9. The molecule has 5 heteroatoms. The van der Waals surface area contributed by atoms with E-state index in [1.54, 1.807) is 12.1 Å². The van der Waals surface area contributed by atoms with E-state index in [4.69, 9.17) is 9.88 Å². The minimum absolute atomic E-state index is 0.106. The molecule has 0 saturated carbocycles. The molecule has 1 aliphatic rings. The van der Waals surface area contributed by atoms with Gasteiger partial charge in [0.15, 0.2) is 0 Å². The van der Waals surface area contributed by atoms with Crippen molar-refractivity contribution in [2.24, 2.45) is 5.14 Å². The van der Waals surface area contributed by atoms with Crippen molar-refractivity contribution in [1.29, 1.82) is 0 Å². The minimum Gasteiger partial charge on any atom is -0.374 e. The summed E-state index contributed by atoms with van der Waals surface area (Å²) in [5.74, 6) is 0. The van der Waals surface area contributed by atoms with Crippen molar-refractivity contribution in [2.45, 2.75) is 30.8 Å². The zero-order valence-electron chi connectivity index (χ0n) is 9.14. The van der Waals surface area contributed by atoms with E-state index >= 15 is 0 Å². The van der Waals surface area contributed by atoms with E-state index in [9.17, 15) is 8.42 Å². The highest BCUT2D eigenvalue weighted by Crippen LogP contribution is 2.34. The first-order chi connectivity index (χ1) is 7.52. The Hall–Kier alpha value is -0.910. The molecule has 2 N–H and O–H groups in total. The fourth-order valence-corrected chi connectivity index (χ4v) is 2.67. The van der Waals surface area contributed by atoms with Gasteiger partial charge in [0, 0.05) is 6.61 Å². The highest BCUT2D eigenvalue weighted by Gasteiger charge is 2.24. The molecular formula is C11H15NO3S. The molecule has 0 amide bonds. The third-order valence-corrected chi connectivity index (χ3v) is 3.74. The second-order valence-electron chi connectivity index (χ2n) is 3.89. The van der Waals surface area contributed by atoms with Crippen LogP contribution in [0.3, 0.4) is 0 Å². The summed E-state index contributed by atoms with van der Waals surface area (Å²) in [6.07, 6.45) is 1.87. The first-order valence-electron chi connectivity index (χ1n) is 5.29. The number of nitrogens with two attached hydrogens (primary N) is 1. The van der Waals surface area contributed by atoms with Crippen LogP contribution < -0.4 is 5.14 Å². The van der Waals surface area contributed by atoms with Crippen molar-refractivity contribution < 1.29 is 13.2 Å². The molecule has 4 nitrogen and oxygen atoms in total. The van der Waals surface area contributed by atoms with Gasteiger partial charge in [0.2, 0.25) is 10.0 Å². The second-order valence-corrected chi connectivity index (χ2v) is 5.45. The number of hydrogen-bond acceptors (Lipinski definition) is 3. The molecule has 1 unspecified atom stereocenters. The maximum atomic E-state index is 11.2. The van der Waals surface area contributed by atoms with Gasteiger partial charge in [0.25, 0.3) is 0 Å². The lowest BCUT2D eigenvalue weighted by Crippen LogP contribution is -2.12. The predicted molar refractivity (Wildman–Crippen MR) is 60.5 cm³/mol. The van der Waals surface area contributed by atoms with Gasteiger partial charge in [0.05, 0.1) is 11.0 Å². The van der Waals surface area contributed by atoms with Crippen molar-refractivity contribution in [3.63, 3.8) is 0 Å². The molecule has 0 bridgehead atoms. The van der Waals surface area contributed by atoms with Crippen LogP contribution in [0.15, 0.2) is 23.1 Å². The minimum atomic E-state index is -3.59. The Balaban J connectivity index is 2.37. The number of sulfonamides is 1. The fourth-order valence-electron chi connectivity index (χ4n) is 2.11. The highest BCUT2D eigenvalue weighted by atomic mass is 32.2. The van der Waals surface area contributed by atoms with Crippen LogP contribution in [0, 0.1) is 0 Å². The normalized spacial score (nSPS) is 19.8. The van der Waals surface area contributed by atoms with Crippen LogP contribution in [-0.4, -0.2) is 15.0 Å². The Morgan fingerprint density at radius 1 is 1.50 bits per heavy atom. The Morgan fingerprint density at radius 3 is 2.88 bits per heavy atom. The summed E-state index contributed by atoms with van der Waals surface area (Å²) in [6.45, 7) is 2.62. The molecule has 0 spiro atoms. The summed E-state index contributed by atoms with van der Waals surface area (Å²) in [5, 5.41) is 5.09. The zero-order valence-corrected chi connectivity index (χ0v) is 9.96. The Morgan fingerprint density at radius 2 is 2.25 bits per heavy atom. The smallest absolute Gasteiger partial charge is 0.238 e. The number of ether oxygens (including phenoxy) is 1. The van der Waals surface area contributed by atoms with Crippen molar-refractivity contribution in [3.05, 3.63) is 29.3 Å². The molecule has 0 fully saturated rings. The molecule has 0 radical (unpaired) electrons. The summed E-state index contributed by atoms with van der Waals surface area (Å²) in [7, 11) is -3.59. The van der Waals surface area contributed by atoms with Gasteiger partial charge in [-0.3, -0.25) is 0 Å². The molecule has 0 aromatic heterocycles. The largest absolute Gasteiger partial charge is 0.374 e. The SMILES string of the molecule is CCOC1CCc2cc(S(N)(=O)=O)ccc21. The molecule has 0 saturated heterocycles. The fraction of sp³-hybridized carbons (Fsp3) is 0.455. The second kappa shape index (κ2) is 4.16. The average molecular weight is 241 g/mol. The number of primary sulfonamides is 1. The van der Waals surface area contributed by atoms with Gasteiger partial charge < -0.3 is 4.74 Å². The van der Waals surface area contributed by atoms with Crippen molar-refractivity contribution >= 4 is 10.0 Å². The maximum Gasteiger partial charge on any atom is 0.238 e. The molecule has 1 aromatic rings. The quantitative estimate of drug-likeness (QED) is 0.868. The van der Waals surface area contributed by atoms with Gasteiger partial charge in [-0.1, -0.05) is 6.07 Å².